The molecule has 0 aromatic carbocycles. The molecule has 0 amide bonds. The van der Waals surface area contributed by atoms with E-state index >= 15 is 0 Å². The van der Waals surface area contributed by atoms with Gasteiger partial charge < -0.3 is 13.9 Å². The van der Waals surface area contributed by atoms with Crippen LogP contribution in [-0.4, -0.2) is 6.61 Å². The molecule has 0 saturated heterocycles. The monoisotopic (exact) mass is 243 g/mol. The number of ether oxygens (including phenoxy) is 2. The van der Waals surface area contributed by atoms with Crippen molar-refractivity contribution in [1.29, 1.82) is 0 Å². The Morgan fingerprint density at radius 1 is 1.35 bits per heavy atom. The van der Waals surface area contributed by atoms with Crippen LogP contribution >= 0.6 is 11.3 Å². The highest BCUT2D eigenvalue weighted by molar-refractivity contribution is 7.16. The number of furan rings is 1. The van der Waals surface area contributed by atoms with E-state index in [-0.39, 0.29) is 0 Å². The van der Waals surface area contributed by atoms with Crippen LogP contribution in [0.3, 0.4) is 0 Å². The van der Waals surface area contributed by atoms with Crippen molar-refractivity contribution in [2.24, 2.45) is 0 Å². The Morgan fingerprint density at radius 3 is 3.35 bits per heavy atom. The largest absolute Gasteiger partial charge is 0.485 e. The minimum atomic E-state index is 0.554. The summed E-state index contributed by atoms with van der Waals surface area (Å²) in [6, 6.07) is 2.03. The minimum absolute atomic E-state index is 0.554. The summed E-state index contributed by atoms with van der Waals surface area (Å²) in [5.74, 6) is 1.42. The second kappa shape index (κ2) is 3.28. The molecular formula is C13H7O3S. The molecule has 1 radical (unpaired) electrons. The number of thiophene rings is 1. The zero-order chi connectivity index (χ0) is 11.2. The Kier molecular flexibility index (Phi) is 1.76. The molecule has 0 unspecified atom stereocenters. The van der Waals surface area contributed by atoms with Crippen LogP contribution in [0.1, 0.15) is 5.56 Å². The van der Waals surface area contributed by atoms with Gasteiger partial charge in [0.1, 0.15) is 12.9 Å². The van der Waals surface area contributed by atoms with Crippen LogP contribution < -0.4 is 0 Å². The van der Waals surface area contributed by atoms with Gasteiger partial charge in [0.25, 0.3) is 0 Å². The van der Waals surface area contributed by atoms with Crippen molar-refractivity contribution in [3.8, 4) is 0 Å². The van der Waals surface area contributed by atoms with E-state index in [4.69, 9.17) is 13.9 Å². The van der Waals surface area contributed by atoms with Crippen LogP contribution in [0.4, 0.5) is 0 Å². The van der Waals surface area contributed by atoms with Gasteiger partial charge in [-0.1, -0.05) is 0 Å². The van der Waals surface area contributed by atoms with Gasteiger partial charge in [-0.3, -0.25) is 0 Å². The van der Waals surface area contributed by atoms with E-state index in [0.29, 0.717) is 12.4 Å². The van der Waals surface area contributed by atoms with Crippen molar-refractivity contribution < 1.29 is 13.9 Å². The summed E-state index contributed by atoms with van der Waals surface area (Å²) in [5.41, 5.74) is 1.85. The normalized spacial score (nSPS) is 18.0. The Hall–Kier alpha value is -1.94. The van der Waals surface area contributed by atoms with Crippen LogP contribution in [0.5, 0.6) is 0 Å². The lowest BCUT2D eigenvalue weighted by Gasteiger charge is -2.11. The molecule has 0 bridgehead atoms. The number of rotatable bonds is 1. The first-order chi connectivity index (χ1) is 8.42. The predicted molar refractivity (Wildman–Crippen MR) is 63.9 cm³/mol. The molecule has 83 valence electrons. The summed E-state index contributed by atoms with van der Waals surface area (Å²) in [4.78, 5) is 0.918. The molecule has 4 heterocycles. The minimum Gasteiger partial charge on any atom is -0.485 e. The third kappa shape index (κ3) is 1.27. The second-order valence-electron chi connectivity index (χ2n) is 3.75. The summed E-state index contributed by atoms with van der Waals surface area (Å²) in [6.07, 6.45) is 8.52. The molecule has 2 aromatic heterocycles. The third-order valence-corrected chi connectivity index (χ3v) is 3.57. The van der Waals surface area contributed by atoms with Crippen molar-refractivity contribution in [2.45, 2.75) is 0 Å². The molecule has 0 atom stereocenters. The van der Waals surface area contributed by atoms with Crippen LogP contribution in [0.25, 0.3) is 15.9 Å². The fourth-order valence-corrected chi connectivity index (χ4v) is 2.68. The SMILES string of the molecule is [C]1=C2OCC=C2OC=C1c1coc2sccc12. The maximum atomic E-state index is 5.50. The van der Waals surface area contributed by atoms with Crippen molar-refractivity contribution in [1.82, 2.24) is 0 Å². The maximum absolute atomic E-state index is 5.50. The first-order valence-electron chi connectivity index (χ1n) is 5.21. The van der Waals surface area contributed by atoms with E-state index in [2.05, 4.69) is 6.08 Å². The molecule has 17 heavy (non-hydrogen) atoms. The van der Waals surface area contributed by atoms with Gasteiger partial charge in [0.05, 0.1) is 6.26 Å². The van der Waals surface area contributed by atoms with Crippen molar-refractivity contribution in [2.75, 3.05) is 6.61 Å². The Bertz CT molecular complexity index is 684. The van der Waals surface area contributed by atoms with Crippen molar-refractivity contribution in [3.63, 3.8) is 0 Å². The molecule has 0 N–H and O–H groups in total. The highest BCUT2D eigenvalue weighted by Gasteiger charge is 2.21. The topological polar surface area (TPSA) is 31.6 Å². The summed E-state index contributed by atoms with van der Waals surface area (Å²) < 4.78 is 16.4. The zero-order valence-corrected chi connectivity index (χ0v) is 9.54. The second-order valence-corrected chi connectivity index (χ2v) is 4.63. The number of hydrogen-bond acceptors (Lipinski definition) is 4. The van der Waals surface area contributed by atoms with E-state index in [1.165, 1.54) is 0 Å². The first kappa shape index (κ1) is 9.13. The van der Waals surface area contributed by atoms with Crippen LogP contribution in [0, 0.1) is 6.08 Å². The lowest BCUT2D eigenvalue weighted by atomic mass is 10.1. The Labute approximate surface area is 101 Å². The van der Waals surface area contributed by atoms with Crippen LogP contribution in [0.15, 0.2) is 46.0 Å². The highest BCUT2D eigenvalue weighted by atomic mass is 32.1. The van der Waals surface area contributed by atoms with Gasteiger partial charge in [0.2, 0.25) is 0 Å². The standard InChI is InChI=1S/C13H7O3S/c1-3-14-12-5-8(6-15-11(1)12)10-7-16-13-9(10)2-4-17-13/h1-2,4,6-7H,3H2. The van der Waals surface area contributed by atoms with Crippen LogP contribution in [0.2, 0.25) is 0 Å². The smallest absolute Gasteiger partial charge is 0.188 e. The summed E-state index contributed by atoms with van der Waals surface area (Å²) in [5, 5.41) is 3.09. The molecule has 2 aliphatic rings. The molecule has 4 heteroatoms. The fourth-order valence-electron chi connectivity index (χ4n) is 1.94. The molecule has 4 rings (SSSR count). The van der Waals surface area contributed by atoms with E-state index in [1.54, 1.807) is 23.9 Å². The Balaban J connectivity index is 1.84. The molecule has 2 aliphatic heterocycles. The maximum Gasteiger partial charge on any atom is 0.188 e. The first-order valence-corrected chi connectivity index (χ1v) is 6.09. The average Bonchev–Trinajstić information content (AvgIpc) is 3.03. The van der Waals surface area contributed by atoms with E-state index < -0.39 is 0 Å². The molecule has 2 aromatic rings. The van der Waals surface area contributed by atoms with Gasteiger partial charge in [-0.15, -0.1) is 11.3 Å². The predicted octanol–water partition coefficient (Wildman–Crippen LogP) is 3.47. The van der Waals surface area contributed by atoms with E-state index in [9.17, 15) is 0 Å². The molecule has 0 fully saturated rings. The Morgan fingerprint density at radius 2 is 2.35 bits per heavy atom. The van der Waals surface area contributed by atoms with Gasteiger partial charge in [0, 0.05) is 22.6 Å². The summed E-state index contributed by atoms with van der Waals surface area (Å²) >= 11 is 1.58. The number of hydrogen-bond donors (Lipinski definition) is 0. The molecule has 0 aliphatic carbocycles. The fraction of sp³-hybridized carbons (Fsp3) is 0.0769. The van der Waals surface area contributed by atoms with Gasteiger partial charge in [-0.05, 0) is 17.5 Å². The molecular weight excluding hydrogens is 236 g/mol. The van der Waals surface area contributed by atoms with Gasteiger partial charge in [0.15, 0.2) is 16.4 Å². The van der Waals surface area contributed by atoms with Crippen LogP contribution in [-0.2, 0) is 9.47 Å². The van der Waals surface area contributed by atoms with E-state index in [1.807, 2.05) is 17.5 Å². The lowest BCUT2D eigenvalue weighted by Crippen LogP contribution is -1.97. The molecule has 0 saturated carbocycles. The number of fused-ring (bicyclic) bond motifs is 2. The lowest BCUT2D eigenvalue weighted by molar-refractivity contribution is 0.242. The zero-order valence-electron chi connectivity index (χ0n) is 8.73. The highest BCUT2D eigenvalue weighted by Crippen LogP contribution is 2.35. The van der Waals surface area contributed by atoms with Gasteiger partial charge >= 0.3 is 0 Å². The van der Waals surface area contributed by atoms with Crippen molar-refractivity contribution in [3.05, 3.63) is 53.2 Å². The average molecular weight is 243 g/mol. The quantitative estimate of drug-likeness (QED) is 0.768. The van der Waals surface area contributed by atoms with E-state index in [0.717, 1.165) is 27.2 Å². The van der Waals surface area contributed by atoms with Gasteiger partial charge in [-0.25, -0.2) is 0 Å². The van der Waals surface area contributed by atoms with Crippen molar-refractivity contribution >= 4 is 27.2 Å². The summed E-state index contributed by atoms with van der Waals surface area (Å²) in [6.45, 7) is 0.554. The molecule has 0 spiro atoms. The van der Waals surface area contributed by atoms with Gasteiger partial charge in [-0.2, -0.15) is 0 Å². The third-order valence-electron chi connectivity index (χ3n) is 2.77. The number of allylic oxidation sites excluding steroid dienone is 2. The molecule has 3 nitrogen and oxygen atoms in total. The summed E-state index contributed by atoms with van der Waals surface area (Å²) in [7, 11) is 0.